The van der Waals surface area contributed by atoms with E-state index in [1.54, 1.807) is 6.07 Å². The van der Waals surface area contributed by atoms with E-state index in [1.807, 2.05) is 0 Å². The number of ether oxygens (including phenoxy) is 3. The van der Waals surface area contributed by atoms with Gasteiger partial charge in [-0.25, -0.2) is 4.79 Å². The summed E-state index contributed by atoms with van der Waals surface area (Å²) in [5, 5.41) is 8.98. The molecule has 0 amide bonds. The number of hydrogen-bond donors (Lipinski definition) is 0. The lowest BCUT2D eigenvalue weighted by Crippen LogP contribution is -2.14. The molecule has 0 unspecified atom stereocenters. The Morgan fingerprint density at radius 2 is 1.58 bits per heavy atom. The van der Waals surface area contributed by atoms with Crippen LogP contribution in [0.4, 0.5) is 0 Å². The number of carbonyl (C=O) groups excluding carboxylic acids is 2. The van der Waals surface area contributed by atoms with Gasteiger partial charge in [-0.1, -0.05) is 58.2 Å². The minimum atomic E-state index is -0.951. The number of nitrogens with zero attached hydrogens (tertiary/aromatic N) is 2. The molecular weight excluding hydrogens is 538 g/mol. The van der Waals surface area contributed by atoms with Gasteiger partial charge in [0.15, 0.2) is 0 Å². The van der Waals surface area contributed by atoms with Gasteiger partial charge in [-0.3, -0.25) is 4.79 Å². The summed E-state index contributed by atoms with van der Waals surface area (Å²) >= 11 is 25.2. The molecule has 0 radical (unpaired) electrons. The van der Waals surface area contributed by atoms with Crippen molar-refractivity contribution in [3.05, 3.63) is 49.9 Å². The second-order valence-corrected chi connectivity index (χ2v) is 8.90. The highest BCUT2D eigenvalue weighted by Crippen LogP contribution is 2.39. The predicted molar refractivity (Wildman–Crippen MR) is 125 cm³/mol. The van der Waals surface area contributed by atoms with Gasteiger partial charge in [0.05, 0.1) is 36.2 Å². The fourth-order valence-corrected chi connectivity index (χ4v) is 4.41. The van der Waals surface area contributed by atoms with Gasteiger partial charge in [0.2, 0.25) is 0 Å². The van der Waals surface area contributed by atoms with Gasteiger partial charge in [0.25, 0.3) is 11.1 Å². The van der Waals surface area contributed by atoms with Crippen molar-refractivity contribution in [3.63, 3.8) is 0 Å². The topological polar surface area (TPSA) is 101 Å². The van der Waals surface area contributed by atoms with E-state index in [4.69, 9.17) is 65.0 Å². The van der Waals surface area contributed by atoms with Crippen LogP contribution >= 0.6 is 58.2 Å². The number of esters is 2. The quantitative estimate of drug-likeness (QED) is 0.183. The molecule has 1 aromatic heterocycles. The molecule has 1 heterocycles. The summed E-state index contributed by atoms with van der Waals surface area (Å²) in [4.78, 5) is 24.4. The maximum Gasteiger partial charge on any atom is 0.351 e. The van der Waals surface area contributed by atoms with Gasteiger partial charge in [0, 0.05) is 15.8 Å². The number of hydrogen-bond acceptors (Lipinski definition) is 9. The van der Waals surface area contributed by atoms with Crippen LogP contribution in [0, 0.1) is 0 Å². The summed E-state index contributed by atoms with van der Waals surface area (Å²) in [5.41, 5.74) is 0.293. The number of halogens is 4. The lowest BCUT2D eigenvalue weighted by Gasteiger charge is -2.10. The minimum absolute atomic E-state index is 0.00111. The van der Waals surface area contributed by atoms with Crippen molar-refractivity contribution < 1.29 is 28.2 Å². The smallest absolute Gasteiger partial charge is 0.351 e. The normalized spacial score (nSPS) is 10.7. The molecule has 2 aromatic carbocycles. The number of benzene rings is 2. The third-order valence-electron chi connectivity index (χ3n) is 4.04. The second-order valence-electron chi connectivity index (χ2n) is 6.16. The highest BCUT2D eigenvalue weighted by molar-refractivity contribution is 7.99. The zero-order chi connectivity index (χ0) is 24.1. The Bertz CT molecular complexity index is 1200. The SMILES string of the molecule is COc1cc(Cl)cc(Cl)c1C(=O)OC(=O)CCSc1nnc(-c2c(Cl)cc(Cl)cc2OC)o1. The van der Waals surface area contributed by atoms with Crippen LogP contribution in [0.1, 0.15) is 16.8 Å². The predicted octanol–water partition coefficient (Wildman–Crippen LogP) is 6.23. The Balaban J connectivity index is 1.60. The molecule has 13 heteroatoms. The van der Waals surface area contributed by atoms with Crippen LogP contribution in [-0.4, -0.2) is 42.1 Å². The van der Waals surface area contributed by atoms with E-state index >= 15 is 0 Å². The highest BCUT2D eigenvalue weighted by Gasteiger charge is 2.23. The molecule has 0 N–H and O–H groups in total. The number of methoxy groups -OCH3 is 2. The molecule has 0 saturated carbocycles. The van der Waals surface area contributed by atoms with E-state index in [2.05, 4.69) is 10.2 Å². The Morgan fingerprint density at radius 1 is 0.939 bits per heavy atom. The molecule has 3 rings (SSSR count). The van der Waals surface area contributed by atoms with Crippen LogP contribution in [-0.2, 0) is 9.53 Å². The molecule has 0 spiro atoms. The van der Waals surface area contributed by atoms with Crippen molar-refractivity contribution in [3.8, 4) is 23.0 Å². The molecule has 3 aromatic rings. The average molecular weight is 552 g/mol. The van der Waals surface area contributed by atoms with E-state index in [-0.39, 0.29) is 49.7 Å². The first-order valence-corrected chi connectivity index (χ1v) is 11.5. The molecule has 0 fully saturated rings. The maximum atomic E-state index is 12.3. The largest absolute Gasteiger partial charge is 0.496 e. The summed E-state index contributed by atoms with van der Waals surface area (Å²) in [5.74, 6) is -0.945. The van der Waals surface area contributed by atoms with Crippen molar-refractivity contribution in [2.75, 3.05) is 20.0 Å². The molecular formula is C20H14Cl4N2O6S. The lowest BCUT2D eigenvalue weighted by atomic mass is 10.2. The van der Waals surface area contributed by atoms with Gasteiger partial charge in [0.1, 0.15) is 17.1 Å². The fraction of sp³-hybridized carbons (Fsp3) is 0.200. The van der Waals surface area contributed by atoms with Gasteiger partial charge in [-0.2, -0.15) is 0 Å². The number of rotatable bonds is 8. The Kier molecular flexibility index (Phi) is 8.72. The molecule has 0 saturated heterocycles. The summed E-state index contributed by atoms with van der Waals surface area (Å²) in [6.45, 7) is 0. The Morgan fingerprint density at radius 3 is 2.24 bits per heavy atom. The molecule has 33 heavy (non-hydrogen) atoms. The first-order chi connectivity index (χ1) is 15.7. The van der Waals surface area contributed by atoms with E-state index < -0.39 is 11.9 Å². The summed E-state index contributed by atoms with van der Waals surface area (Å²) in [7, 11) is 2.79. The summed E-state index contributed by atoms with van der Waals surface area (Å²) < 4.78 is 20.8. The minimum Gasteiger partial charge on any atom is -0.496 e. The first kappa shape index (κ1) is 25.5. The Hall–Kier alpha value is -2.17. The van der Waals surface area contributed by atoms with Crippen LogP contribution in [0.5, 0.6) is 11.5 Å². The van der Waals surface area contributed by atoms with E-state index in [0.717, 1.165) is 11.8 Å². The molecule has 0 aliphatic rings. The van der Waals surface area contributed by atoms with Gasteiger partial charge in [-0.05, 0) is 24.3 Å². The van der Waals surface area contributed by atoms with Crippen LogP contribution in [0.15, 0.2) is 33.9 Å². The number of aromatic nitrogens is 2. The zero-order valence-electron chi connectivity index (χ0n) is 17.0. The highest BCUT2D eigenvalue weighted by atomic mass is 35.5. The summed E-state index contributed by atoms with van der Waals surface area (Å²) in [6, 6.07) is 5.82. The summed E-state index contributed by atoms with van der Waals surface area (Å²) in [6.07, 6.45) is -0.118. The zero-order valence-corrected chi connectivity index (χ0v) is 20.8. The molecule has 0 aliphatic heterocycles. The van der Waals surface area contributed by atoms with Crippen LogP contribution < -0.4 is 9.47 Å². The maximum absolute atomic E-state index is 12.3. The van der Waals surface area contributed by atoms with Crippen molar-refractivity contribution in [1.29, 1.82) is 0 Å². The van der Waals surface area contributed by atoms with E-state index in [9.17, 15) is 9.59 Å². The van der Waals surface area contributed by atoms with Gasteiger partial charge in [-0.15, -0.1) is 10.2 Å². The molecule has 0 bridgehead atoms. The molecule has 0 aliphatic carbocycles. The second kappa shape index (κ2) is 11.3. The third kappa shape index (κ3) is 6.24. The van der Waals surface area contributed by atoms with Crippen molar-refractivity contribution in [2.24, 2.45) is 0 Å². The van der Waals surface area contributed by atoms with E-state index in [0.29, 0.717) is 16.3 Å². The number of thioether (sulfide) groups is 1. The first-order valence-electron chi connectivity index (χ1n) is 9.01. The van der Waals surface area contributed by atoms with Gasteiger partial charge < -0.3 is 18.6 Å². The van der Waals surface area contributed by atoms with Crippen molar-refractivity contribution in [2.45, 2.75) is 11.6 Å². The van der Waals surface area contributed by atoms with Crippen molar-refractivity contribution in [1.82, 2.24) is 10.2 Å². The molecule has 0 atom stereocenters. The standard InChI is InChI=1S/C20H14Cl4N2O6S/c1-29-13-7-9(21)5-11(23)16(13)18-25-26-20(32-18)33-4-3-15(27)31-19(28)17-12(24)6-10(22)8-14(17)30-2/h5-8H,3-4H2,1-2H3. The monoisotopic (exact) mass is 550 g/mol. The van der Waals surface area contributed by atoms with Crippen molar-refractivity contribution >= 4 is 70.1 Å². The van der Waals surface area contributed by atoms with Crippen LogP contribution in [0.25, 0.3) is 11.5 Å². The molecule has 8 nitrogen and oxygen atoms in total. The number of carbonyl (C=O) groups is 2. The average Bonchev–Trinajstić information content (AvgIpc) is 3.20. The fourth-order valence-electron chi connectivity index (χ4n) is 2.62. The van der Waals surface area contributed by atoms with Crippen LogP contribution in [0.3, 0.4) is 0 Å². The lowest BCUT2D eigenvalue weighted by molar-refractivity contribution is -0.137. The Labute approximate surface area is 212 Å². The van der Waals surface area contributed by atoms with Crippen LogP contribution in [0.2, 0.25) is 20.1 Å². The van der Waals surface area contributed by atoms with E-state index in [1.165, 1.54) is 32.4 Å². The third-order valence-corrected chi connectivity index (χ3v) is 5.89. The molecule has 174 valence electrons. The van der Waals surface area contributed by atoms with Gasteiger partial charge >= 0.3 is 11.9 Å².